The molecule has 132 valence electrons. The number of para-hydroxylation sites is 1. The van der Waals surface area contributed by atoms with Crippen molar-refractivity contribution >= 4 is 11.9 Å². The predicted octanol–water partition coefficient (Wildman–Crippen LogP) is 1.40. The molecule has 2 aromatic rings. The molecule has 0 saturated carbocycles. The molecule has 1 saturated heterocycles. The Bertz CT molecular complexity index is 744. The molecule has 0 spiro atoms. The molecule has 1 atom stereocenters. The summed E-state index contributed by atoms with van der Waals surface area (Å²) in [5, 5.41) is 10.8. The Balaban J connectivity index is 1.54. The number of hydrogen-bond donors (Lipinski definition) is 1. The van der Waals surface area contributed by atoms with Crippen molar-refractivity contribution < 1.29 is 14.3 Å². The summed E-state index contributed by atoms with van der Waals surface area (Å²) in [6, 6.07) is 8.46. The monoisotopic (exact) mass is 343 g/mol. The summed E-state index contributed by atoms with van der Waals surface area (Å²) in [5.41, 5.74) is 0.676. The van der Waals surface area contributed by atoms with Gasteiger partial charge in [0, 0.05) is 18.7 Å². The third kappa shape index (κ3) is 3.96. The number of rotatable bonds is 7. The number of nitrogens with zero attached hydrogens (tertiary/aromatic N) is 4. The van der Waals surface area contributed by atoms with E-state index in [9.17, 15) is 9.59 Å². The number of ether oxygens (including phenoxy) is 1. The standard InChI is InChI=1S/C17H21N5O3/c1-12(2)22-11-13(19-20-22)10-15-16(23)21(17(24)18-15)8-9-25-14-6-4-3-5-7-14/h3-7,11-12,15H,8-10H2,1-2H3,(H,18,24). The number of amides is 3. The second-order valence-electron chi connectivity index (χ2n) is 6.14. The molecular formula is C17H21N5O3. The number of nitrogens with one attached hydrogen (secondary N) is 1. The minimum atomic E-state index is -0.610. The molecule has 0 radical (unpaired) electrons. The summed E-state index contributed by atoms with van der Waals surface area (Å²) < 4.78 is 7.27. The number of carbonyl (C=O) groups is 2. The maximum atomic E-state index is 12.4. The van der Waals surface area contributed by atoms with E-state index in [0.29, 0.717) is 17.9 Å². The highest BCUT2D eigenvalue weighted by atomic mass is 16.5. The SMILES string of the molecule is CC(C)n1cc(CC2NC(=O)N(CCOc3ccccc3)C2=O)nn1. The number of carbonyl (C=O) groups excluding carboxylic acids is 2. The summed E-state index contributed by atoms with van der Waals surface area (Å²) >= 11 is 0. The Labute approximate surface area is 145 Å². The average molecular weight is 343 g/mol. The largest absolute Gasteiger partial charge is 0.492 e. The predicted molar refractivity (Wildman–Crippen MR) is 90.1 cm³/mol. The van der Waals surface area contributed by atoms with Crippen molar-refractivity contribution in [3.63, 3.8) is 0 Å². The fourth-order valence-corrected chi connectivity index (χ4v) is 2.57. The molecule has 0 bridgehead atoms. The number of benzene rings is 1. The van der Waals surface area contributed by atoms with E-state index >= 15 is 0 Å². The molecule has 1 unspecified atom stereocenters. The van der Waals surface area contributed by atoms with Gasteiger partial charge < -0.3 is 10.1 Å². The Morgan fingerprint density at radius 3 is 2.68 bits per heavy atom. The molecule has 1 N–H and O–H groups in total. The summed E-state index contributed by atoms with van der Waals surface area (Å²) in [5.74, 6) is 0.442. The summed E-state index contributed by atoms with van der Waals surface area (Å²) in [6.07, 6.45) is 2.12. The normalized spacial score (nSPS) is 17.2. The van der Waals surface area contributed by atoms with E-state index < -0.39 is 12.1 Å². The maximum Gasteiger partial charge on any atom is 0.324 e. The highest BCUT2D eigenvalue weighted by Crippen LogP contribution is 2.13. The molecule has 1 aromatic heterocycles. The minimum absolute atomic E-state index is 0.196. The van der Waals surface area contributed by atoms with E-state index in [1.54, 1.807) is 10.9 Å². The lowest BCUT2D eigenvalue weighted by Crippen LogP contribution is -2.35. The van der Waals surface area contributed by atoms with Crippen LogP contribution in [-0.2, 0) is 11.2 Å². The smallest absolute Gasteiger partial charge is 0.324 e. The highest BCUT2D eigenvalue weighted by molar-refractivity contribution is 6.04. The van der Waals surface area contributed by atoms with E-state index in [4.69, 9.17) is 4.74 Å². The van der Waals surface area contributed by atoms with Crippen molar-refractivity contribution in [3.05, 3.63) is 42.2 Å². The lowest BCUT2D eigenvalue weighted by atomic mass is 10.1. The lowest BCUT2D eigenvalue weighted by Gasteiger charge is -2.13. The van der Waals surface area contributed by atoms with E-state index in [1.807, 2.05) is 44.2 Å². The van der Waals surface area contributed by atoms with Crippen molar-refractivity contribution in [2.75, 3.05) is 13.2 Å². The molecule has 8 nitrogen and oxygen atoms in total. The lowest BCUT2D eigenvalue weighted by molar-refractivity contribution is -0.127. The first-order valence-corrected chi connectivity index (χ1v) is 8.25. The fourth-order valence-electron chi connectivity index (χ4n) is 2.57. The Morgan fingerprint density at radius 1 is 1.24 bits per heavy atom. The number of hydrogen-bond acceptors (Lipinski definition) is 5. The van der Waals surface area contributed by atoms with Crippen LogP contribution in [0.15, 0.2) is 36.5 Å². The van der Waals surface area contributed by atoms with Gasteiger partial charge in [0.25, 0.3) is 5.91 Å². The molecule has 2 heterocycles. The van der Waals surface area contributed by atoms with Crippen molar-refractivity contribution in [1.82, 2.24) is 25.2 Å². The highest BCUT2D eigenvalue weighted by Gasteiger charge is 2.38. The van der Waals surface area contributed by atoms with E-state index in [0.717, 1.165) is 0 Å². The minimum Gasteiger partial charge on any atom is -0.492 e. The van der Waals surface area contributed by atoms with Gasteiger partial charge in [-0.3, -0.25) is 9.69 Å². The van der Waals surface area contributed by atoms with Gasteiger partial charge in [-0.1, -0.05) is 23.4 Å². The van der Waals surface area contributed by atoms with E-state index in [1.165, 1.54) is 4.90 Å². The summed E-state index contributed by atoms with van der Waals surface area (Å²) in [6.45, 7) is 4.44. The molecule has 1 fully saturated rings. The first kappa shape index (κ1) is 16.9. The van der Waals surface area contributed by atoms with Gasteiger partial charge in [0.1, 0.15) is 18.4 Å². The van der Waals surface area contributed by atoms with E-state index in [2.05, 4.69) is 15.6 Å². The van der Waals surface area contributed by atoms with Crippen LogP contribution in [0.4, 0.5) is 4.79 Å². The van der Waals surface area contributed by atoms with Gasteiger partial charge >= 0.3 is 6.03 Å². The zero-order valence-corrected chi connectivity index (χ0v) is 14.3. The van der Waals surface area contributed by atoms with Gasteiger partial charge in [-0.15, -0.1) is 5.10 Å². The van der Waals surface area contributed by atoms with Gasteiger partial charge in [-0.05, 0) is 26.0 Å². The van der Waals surface area contributed by atoms with Crippen molar-refractivity contribution in [2.24, 2.45) is 0 Å². The Kier molecular flexibility index (Phi) is 4.97. The number of aromatic nitrogens is 3. The fraction of sp³-hybridized carbons (Fsp3) is 0.412. The zero-order valence-electron chi connectivity index (χ0n) is 14.3. The molecule has 8 heteroatoms. The van der Waals surface area contributed by atoms with Crippen LogP contribution in [0.1, 0.15) is 25.6 Å². The van der Waals surface area contributed by atoms with Gasteiger partial charge in [0.15, 0.2) is 0 Å². The Morgan fingerprint density at radius 2 is 2.00 bits per heavy atom. The van der Waals surface area contributed by atoms with Gasteiger partial charge in [-0.25, -0.2) is 9.48 Å². The molecule has 3 amide bonds. The zero-order chi connectivity index (χ0) is 17.8. The number of urea groups is 1. The van der Waals surface area contributed by atoms with Crippen LogP contribution >= 0.6 is 0 Å². The molecule has 1 aliphatic rings. The quantitative estimate of drug-likeness (QED) is 0.768. The Hall–Kier alpha value is -2.90. The van der Waals surface area contributed by atoms with Crippen LogP contribution in [0.2, 0.25) is 0 Å². The molecule has 1 aliphatic heterocycles. The van der Waals surface area contributed by atoms with Crippen LogP contribution in [0, 0.1) is 0 Å². The van der Waals surface area contributed by atoms with Gasteiger partial charge in [0.2, 0.25) is 0 Å². The first-order valence-electron chi connectivity index (χ1n) is 8.25. The average Bonchev–Trinajstić information content (AvgIpc) is 3.16. The molecule has 3 rings (SSSR count). The summed E-state index contributed by atoms with van der Waals surface area (Å²) in [7, 11) is 0. The van der Waals surface area contributed by atoms with Crippen molar-refractivity contribution in [2.45, 2.75) is 32.4 Å². The third-order valence-electron chi connectivity index (χ3n) is 3.93. The maximum absolute atomic E-state index is 12.4. The second kappa shape index (κ2) is 7.33. The van der Waals surface area contributed by atoms with E-state index in [-0.39, 0.29) is 25.1 Å². The first-order chi connectivity index (χ1) is 12.0. The number of imide groups is 1. The topological polar surface area (TPSA) is 89.4 Å². The van der Waals surface area contributed by atoms with Crippen LogP contribution in [0.3, 0.4) is 0 Å². The van der Waals surface area contributed by atoms with Crippen molar-refractivity contribution in [1.29, 1.82) is 0 Å². The van der Waals surface area contributed by atoms with Crippen molar-refractivity contribution in [3.8, 4) is 5.75 Å². The van der Waals surface area contributed by atoms with Gasteiger partial charge in [0.05, 0.1) is 12.2 Å². The molecule has 1 aromatic carbocycles. The van der Waals surface area contributed by atoms with Crippen LogP contribution in [0.5, 0.6) is 5.75 Å². The van der Waals surface area contributed by atoms with Crippen LogP contribution in [0.25, 0.3) is 0 Å². The summed E-state index contributed by atoms with van der Waals surface area (Å²) in [4.78, 5) is 25.7. The molecule has 25 heavy (non-hydrogen) atoms. The third-order valence-corrected chi connectivity index (χ3v) is 3.93. The molecule has 0 aliphatic carbocycles. The van der Waals surface area contributed by atoms with Crippen LogP contribution in [-0.4, -0.2) is 51.0 Å². The van der Waals surface area contributed by atoms with Crippen LogP contribution < -0.4 is 10.1 Å². The van der Waals surface area contributed by atoms with Gasteiger partial charge in [-0.2, -0.15) is 0 Å². The second-order valence-corrected chi connectivity index (χ2v) is 6.14. The molecular weight excluding hydrogens is 322 g/mol.